The van der Waals surface area contributed by atoms with E-state index in [9.17, 15) is 13.2 Å². The molecule has 7 heteroatoms. The van der Waals surface area contributed by atoms with E-state index in [-0.39, 0.29) is 17.8 Å². The normalized spacial score (nSPS) is 26.4. The summed E-state index contributed by atoms with van der Waals surface area (Å²) in [6.45, 7) is 2.54. The van der Waals surface area contributed by atoms with Gasteiger partial charge in [0.25, 0.3) is 0 Å². The maximum absolute atomic E-state index is 12.6. The van der Waals surface area contributed by atoms with Gasteiger partial charge in [-0.15, -0.1) is 13.2 Å². The number of benzene rings is 2. The first-order valence-electron chi connectivity index (χ1n) is 9.39. The molecule has 150 valence electrons. The fourth-order valence-corrected chi connectivity index (χ4v) is 4.51. The van der Waals surface area contributed by atoms with Crippen molar-refractivity contribution in [3.63, 3.8) is 0 Å². The molecule has 2 aromatic carbocycles. The first-order chi connectivity index (χ1) is 13.4. The maximum Gasteiger partial charge on any atom is 0.573 e. The SMILES string of the molecule is COc1ccc(OC(F)(F)F)cc1CNC1C2CCN(C2)C1c1ccccc1. The zero-order valence-electron chi connectivity index (χ0n) is 15.6. The van der Waals surface area contributed by atoms with Crippen LogP contribution in [0.1, 0.15) is 23.6 Å². The summed E-state index contributed by atoms with van der Waals surface area (Å²) in [6, 6.07) is 15.1. The number of ether oxygens (including phenoxy) is 2. The highest BCUT2D eigenvalue weighted by Gasteiger charge is 2.46. The molecule has 2 heterocycles. The molecule has 28 heavy (non-hydrogen) atoms. The van der Waals surface area contributed by atoms with Crippen LogP contribution in [0.4, 0.5) is 13.2 Å². The zero-order chi connectivity index (χ0) is 19.7. The minimum atomic E-state index is -4.71. The van der Waals surface area contributed by atoms with Crippen molar-refractivity contribution >= 4 is 0 Å². The summed E-state index contributed by atoms with van der Waals surface area (Å²) in [5.41, 5.74) is 1.91. The van der Waals surface area contributed by atoms with Crippen molar-refractivity contribution in [2.75, 3.05) is 20.2 Å². The molecule has 4 atom stereocenters. The molecule has 2 aliphatic heterocycles. The molecular weight excluding hydrogens is 369 g/mol. The van der Waals surface area contributed by atoms with Crippen molar-refractivity contribution in [3.8, 4) is 11.5 Å². The van der Waals surface area contributed by atoms with Gasteiger partial charge in [-0.25, -0.2) is 0 Å². The molecule has 2 saturated heterocycles. The number of piperidine rings is 1. The van der Waals surface area contributed by atoms with Crippen molar-refractivity contribution in [2.45, 2.75) is 31.4 Å². The van der Waals surface area contributed by atoms with Crippen LogP contribution in [0.5, 0.6) is 11.5 Å². The van der Waals surface area contributed by atoms with Crippen molar-refractivity contribution in [2.24, 2.45) is 5.92 Å². The molecule has 2 aliphatic rings. The number of rotatable bonds is 6. The lowest BCUT2D eigenvalue weighted by molar-refractivity contribution is -0.274. The second-order valence-corrected chi connectivity index (χ2v) is 7.33. The minimum absolute atomic E-state index is 0.235. The monoisotopic (exact) mass is 392 g/mol. The number of alkyl halides is 3. The Hall–Kier alpha value is -2.25. The molecule has 2 fully saturated rings. The summed E-state index contributed by atoms with van der Waals surface area (Å²) >= 11 is 0. The number of fused-ring (bicyclic) bond motifs is 2. The number of halogens is 3. The van der Waals surface area contributed by atoms with Gasteiger partial charge >= 0.3 is 6.36 Å². The lowest BCUT2D eigenvalue weighted by Gasteiger charge is -2.33. The van der Waals surface area contributed by atoms with E-state index in [1.54, 1.807) is 0 Å². The van der Waals surface area contributed by atoms with Crippen molar-refractivity contribution in [1.29, 1.82) is 0 Å². The van der Waals surface area contributed by atoms with Gasteiger partial charge in [-0.3, -0.25) is 4.90 Å². The average molecular weight is 392 g/mol. The smallest absolute Gasteiger partial charge is 0.496 e. The molecule has 0 radical (unpaired) electrons. The highest BCUT2D eigenvalue weighted by molar-refractivity contribution is 5.40. The van der Waals surface area contributed by atoms with E-state index in [0.717, 1.165) is 19.5 Å². The van der Waals surface area contributed by atoms with E-state index >= 15 is 0 Å². The molecular formula is C21H23F3N2O2. The van der Waals surface area contributed by atoms with E-state index in [4.69, 9.17) is 4.74 Å². The zero-order valence-corrected chi connectivity index (χ0v) is 15.6. The van der Waals surface area contributed by atoms with Gasteiger partial charge in [-0.05, 0) is 42.6 Å². The lowest BCUT2D eigenvalue weighted by atomic mass is 9.89. The molecule has 0 aromatic heterocycles. The summed E-state index contributed by atoms with van der Waals surface area (Å²) in [5.74, 6) is 0.842. The molecule has 1 N–H and O–H groups in total. The third kappa shape index (κ3) is 3.95. The van der Waals surface area contributed by atoms with Crippen LogP contribution in [0.3, 0.4) is 0 Å². The van der Waals surface area contributed by atoms with Crippen LogP contribution in [0.2, 0.25) is 0 Å². The van der Waals surface area contributed by atoms with E-state index in [0.29, 0.717) is 23.8 Å². The number of hydrogen-bond donors (Lipinski definition) is 1. The molecule has 0 spiro atoms. The second kappa shape index (κ2) is 7.64. The average Bonchev–Trinajstić information content (AvgIpc) is 3.27. The van der Waals surface area contributed by atoms with Gasteiger partial charge in [0, 0.05) is 24.7 Å². The quantitative estimate of drug-likeness (QED) is 0.802. The number of nitrogens with one attached hydrogen (secondary N) is 1. The minimum Gasteiger partial charge on any atom is -0.496 e. The van der Waals surface area contributed by atoms with E-state index in [1.807, 2.05) is 18.2 Å². The summed E-state index contributed by atoms with van der Waals surface area (Å²) in [6.07, 6.45) is -3.58. The van der Waals surface area contributed by atoms with Crippen molar-refractivity contribution in [3.05, 3.63) is 59.7 Å². The Morgan fingerprint density at radius 2 is 1.93 bits per heavy atom. The fraction of sp³-hybridized carbons (Fsp3) is 0.429. The van der Waals surface area contributed by atoms with Crippen LogP contribution in [0, 0.1) is 5.92 Å². The first kappa shape index (κ1) is 19.1. The Labute approximate surface area is 162 Å². The topological polar surface area (TPSA) is 33.7 Å². The molecule has 2 aromatic rings. The van der Waals surface area contributed by atoms with Crippen molar-refractivity contribution < 1.29 is 22.6 Å². The highest BCUT2D eigenvalue weighted by Crippen LogP contribution is 2.42. The summed E-state index contributed by atoms with van der Waals surface area (Å²) in [4.78, 5) is 2.48. The summed E-state index contributed by atoms with van der Waals surface area (Å²) in [7, 11) is 1.51. The predicted molar refractivity (Wildman–Crippen MR) is 99.2 cm³/mol. The van der Waals surface area contributed by atoms with Crippen molar-refractivity contribution in [1.82, 2.24) is 10.2 Å². The van der Waals surface area contributed by atoms with E-state index in [2.05, 4.69) is 27.1 Å². The largest absolute Gasteiger partial charge is 0.573 e. The molecule has 0 saturated carbocycles. The molecule has 4 rings (SSSR count). The van der Waals surface area contributed by atoms with Gasteiger partial charge in [0.1, 0.15) is 11.5 Å². The Balaban J connectivity index is 1.52. The molecule has 4 unspecified atom stereocenters. The van der Waals surface area contributed by atoms with Crippen LogP contribution < -0.4 is 14.8 Å². The van der Waals surface area contributed by atoms with Crippen LogP contribution in [-0.4, -0.2) is 37.5 Å². The Morgan fingerprint density at radius 1 is 1.14 bits per heavy atom. The predicted octanol–water partition coefficient (Wildman–Crippen LogP) is 4.13. The Kier molecular flexibility index (Phi) is 5.21. The standard InChI is InChI=1S/C21H23F3N2O2/c1-27-18-8-7-17(28-21(22,23)24)11-16(18)12-25-19-15-9-10-26(13-15)20(19)14-5-3-2-4-6-14/h2-8,11,15,19-20,25H,9-10,12-13H2,1H3. The van der Waals surface area contributed by atoms with Gasteiger partial charge in [0.15, 0.2) is 0 Å². The summed E-state index contributed by atoms with van der Waals surface area (Å²) in [5, 5.41) is 3.58. The third-order valence-corrected chi connectivity index (χ3v) is 5.65. The third-order valence-electron chi connectivity index (χ3n) is 5.65. The van der Waals surface area contributed by atoms with Crippen LogP contribution in [0.15, 0.2) is 48.5 Å². The fourth-order valence-electron chi connectivity index (χ4n) is 4.51. The highest BCUT2D eigenvalue weighted by atomic mass is 19.4. The van der Waals surface area contributed by atoms with Crippen LogP contribution >= 0.6 is 0 Å². The Morgan fingerprint density at radius 3 is 2.64 bits per heavy atom. The van der Waals surface area contributed by atoms with Gasteiger partial charge in [0.2, 0.25) is 0 Å². The van der Waals surface area contributed by atoms with Crippen LogP contribution in [-0.2, 0) is 6.54 Å². The van der Waals surface area contributed by atoms with Crippen LogP contribution in [0.25, 0.3) is 0 Å². The number of hydrogen-bond acceptors (Lipinski definition) is 4. The molecule has 0 aliphatic carbocycles. The molecule has 4 nitrogen and oxygen atoms in total. The van der Waals surface area contributed by atoms with Gasteiger partial charge < -0.3 is 14.8 Å². The number of nitrogens with zero attached hydrogens (tertiary/aromatic N) is 1. The number of methoxy groups -OCH3 is 1. The summed E-state index contributed by atoms with van der Waals surface area (Å²) < 4.78 is 47.1. The maximum atomic E-state index is 12.6. The van der Waals surface area contributed by atoms with Gasteiger partial charge in [-0.1, -0.05) is 30.3 Å². The molecule has 2 bridgehead atoms. The Bertz CT molecular complexity index is 813. The first-order valence-corrected chi connectivity index (χ1v) is 9.39. The second-order valence-electron chi connectivity index (χ2n) is 7.33. The molecule has 0 amide bonds. The lowest BCUT2D eigenvalue weighted by Crippen LogP contribution is -2.42. The van der Waals surface area contributed by atoms with Gasteiger partial charge in [0.05, 0.1) is 13.2 Å². The van der Waals surface area contributed by atoms with E-state index in [1.165, 1.54) is 30.9 Å². The van der Waals surface area contributed by atoms with E-state index < -0.39 is 6.36 Å². The van der Waals surface area contributed by atoms with Gasteiger partial charge in [-0.2, -0.15) is 0 Å².